The molecule has 2 aliphatic heterocycles. The predicted octanol–water partition coefficient (Wildman–Crippen LogP) is 5.33. The molecule has 1 aromatic heterocycles. The average Bonchev–Trinajstić information content (AvgIpc) is 3.09. The van der Waals surface area contributed by atoms with Crippen LogP contribution in [0.2, 0.25) is 5.02 Å². The summed E-state index contributed by atoms with van der Waals surface area (Å²) in [6.07, 6.45) is 1.64. The summed E-state index contributed by atoms with van der Waals surface area (Å²) < 4.78 is 7.42. The van der Waals surface area contributed by atoms with Gasteiger partial charge in [0.1, 0.15) is 12.4 Å². The zero-order valence-corrected chi connectivity index (χ0v) is 18.6. The second kappa shape index (κ2) is 8.22. The number of carbonyl (C=O) groups is 1. The normalized spacial score (nSPS) is 22.3. The predicted molar refractivity (Wildman–Crippen MR) is 123 cm³/mol. The molecule has 1 N–H and O–H groups in total. The molecule has 2 aliphatic rings. The quantitative estimate of drug-likeness (QED) is 0.598. The highest BCUT2D eigenvalue weighted by atomic mass is 35.5. The number of hydrogen-bond donors (Lipinski definition) is 1. The molecule has 0 spiro atoms. The molecule has 5 rings (SSSR count). The zero-order chi connectivity index (χ0) is 20.7. The van der Waals surface area contributed by atoms with Crippen LogP contribution in [0.1, 0.15) is 25.3 Å². The number of fused-ring (bicyclic) bond motifs is 2. The highest BCUT2D eigenvalue weighted by Crippen LogP contribution is 2.40. The fourth-order valence-electron chi connectivity index (χ4n) is 4.55. The second-order valence-corrected chi connectivity index (χ2v) is 9.71. The van der Waals surface area contributed by atoms with Crippen LogP contribution in [-0.4, -0.2) is 36.5 Å². The van der Waals surface area contributed by atoms with Gasteiger partial charge in [-0.3, -0.25) is 9.69 Å². The summed E-state index contributed by atoms with van der Waals surface area (Å²) in [5, 5.41) is 7.07. The van der Waals surface area contributed by atoms with Crippen molar-refractivity contribution >= 4 is 38.9 Å². The number of amides is 1. The third kappa shape index (κ3) is 3.82. The number of ether oxygens (including phenoxy) is 1. The first-order valence-electron chi connectivity index (χ1n) is 10.5. The van der Waals surface area contributed by atoms with Gasteiger partial charge in [-0.25, -0.2) is 0 Å². The highest BCUT2D eigenvalue weighted by molar-refractivity contribution is 7.17. The van der Waals surface area contributed by atoms with Gasteiger partial charge in [0.15, 0.2) is 0 Å². The number of piperidine rings is 1. The Hall–Kier alpha value is -2.08. The Morgan fingerprint density at radius 2 is 2.17 bits per heavy atom. The summed E-state index contributed by atoms with van der Waals surface area (Å²) >= 11 is 8.46. The van der Waals surface area contributed by atoms with Gasteiger partial charge in [-0.2, -0.15) is 0 Å². The summed E-state index contributed by atoms with van der Waals surface area (Å²) in [6, 6.07) is 13.0. The van der Waals surface area contributed by atoms with E-state index in [1.807, 2.05) is 6.07 Å². The van der Waals surface area contributed by atoms with E-state index in [9.17, 15) is 4.79 Å². The summed E-state index contributed by atoms with van der Waals surface area (Å²) in [5.74, 6) is 1.36. The molecule has 2 aromatic carbocycles. The smallest absolute Gasteiger partial charge is 0.220 e. The molecule has 3 aromatic rings. The molecule has 3 heterocycles. The molecule has 30 heavy (non-hydrogen) atoms. The topological polar surface area (TPSA) is 41.6 Å². The van der Waals surface area contributed by atoms with E-state index >= 15 is 0 Å². The minimum atomic E-state index is 0.167. The summed E-state index contributed by atoms with van der Waals surface area (Å²) in [5.41, 5.74) is 3.47. The van der Waals surface area contributed by atoms with E-state index < -0.39 is 0 Å². The molecule has 4 nitrogen and oxygen atoms in total. The van der Waals surface area contributed by atoms with Gasteiger partial charge in [-0.15, -0.1) is 11.3 Å². The summed E-state index contributed by atoms with van der Waals surface area (Å²) in [7, 11) is 0. The van der Waals surface area contributed by atoms with Crippen LogP contribution in [-0.2, 0) is 11.3 Å². The number of halogens is 1. The molecule has 0 bridgehead atoms. The molecule has 1 fully saturated rings. The lowest BCUT2D eigenvalue weighted by atomic mass is 9.96. The maximum atomic E-state index is 11.8. The standard InChI is InChI=1S/C24H25ClN2O2S/c1-15-13-29-24-18(12-27(15)11-16-6-7-26-23(28)8-16)9-17(10-21(24)25)20-14-30-22-5-3-2-4-19(20)22/h2-5,9-10,14-16H,6-8,11-13H2,1H3,(H,26,28)/t15-,16?/m1/s1. The number of nitrogens with zero attached hydrogens (tertiary/aromatic N) is 1. The van der Waals surface area contributed by atoms with Crippen LogP contribution >= 0.6 is 22.9 Å². The fourth-order valence-corrected chi connectivity index (χ4v) is 5.82. The Labute approximate surface area is 185 Å². The molecule has 0 aliphatic carbocycles. The van der Waals surface area contributed by atoms with Crippen LogP contribution in [0, 0.1) is 5.92 Å². The van der Waals surface area contributed by atoms with Gasteiger partial charge < -0.3 is 10.1 Å². The van der Waals surface area contributed by atoms with Crippen molar-refractivity contribution in [1.82, 2.24) is 10.2 Å². The Bertz CT molecular complexity index is 1100. The first-order valence-corrected chi connectivity index (χ1v) is 11.8. The third-order valence-electron chi connectivity index (χ3n) is 6.22. The van der Waals surface area contributed by atoms with Crippen molar-refractivity contribution in [3.05, 3.63) is 52.4 Å². The van der Waals surface area contributed by atoms with E-state index in [2.05, 4.69) is 52.9 Å². The van der Waals surface area contributed by atoms with Gasteiger partial charge in [0.05, 0.1) is 5.02 Å². The number of carbonyl (C=O) groups excluding carboxylic acids is 1. The van der Waals surface area contributed by atoms with Crippen molar-refractivity contribution in [2.24, 2.45) is 5.92 Å². The van der Waals surface area contributed by atoms with Crippen molar-refractivity contribution in [2.75, 3.05) is 19.7 Å². The van der Waals surface area contributed by atoms with E-state index in [0.717, 1.165) is 42.9 Å². The largest absolute Gasteiger partial charge is 0.490 e. The Morgan fingerprint density at radius 1 is 1.30 bits per heavy atom. The Kier molecular flexibility index (Phi) is 5.44. The van der Waals surface area contributed by atoms with Crippen LogP contribution in [0.25, 0.3) is 21.2 Å². The van der Waals surface area contributed by atoms with Crippen LogP contribution in [0.15, 0.2) is 41.8 Å². The number of benzene rings is 2. The van der Waals surface area contributed by atoms with E-state index in [1.54, 1.807) is 11.3 Å². The molecular formula is C24H25ClN2O2S. The third-order valence-corrected chi connectivity index (χ3v) is 7.46. The number of thiophene rings is 1. The molecular weight excluding hydrogens is 416 g/mol. The van der Waals surface area contributed by atoms with E-state index in [0.29, 0.717) is 24.0 Å². The van der Waals surface area contributed by atoms with Crippen LogP contribution < -0.4 is 10.1 Å². The fraction of sp³-hybridized carbons (Fsp3) is 0.375. The SMILES string of the molecule is C[C@@H]1COc2c(Cl)cc(-c3csc4ccccc34)cc2CN1CC1CCNC(=O)C1. The van der Waals surface area contributed by atoms with E-state index in [1.165, 1.54) is 15.6 Å². The average molecular weight is 441 g/mol. The van der Waals surface area contributed by atoms with Crippen molar-refractivity contribution in [3.63, 3.8) is 0 Å². The van der Waals surface area contributed by atoms with E-state index in [-0.39, 0.29) is 11.9 Å². The molecule has 0 saturated carbocycles. The maximum absolute atomic E-state index is 11.8. The van der Waals surface area contributed by atoms with Gasteiger partial charge >= 0.3 is 0 Å². The number of rotatable bonds is 3. The minimum absolute atomic E-state index is 0.167. The lowest BCUT2D eigenvalue weighted by Gasteiger charge is -2.32. The van der Waals surface area contributed by atoms with Gasteiger partial charge in [0, 0.05) is 53.3 Å². The van der Waals surface area contributed by atoms with Gasteiger partial charge in [-0.05, 0) is 48.4 Å². The Morgan fingerprint density at radius 3 is 3.03 bits per heavy atom. The molecule has 1 amide bonds. The first-order chi connectivity index (χ1) is 14.6. The maximum Gasteiger partial charge on any atom is 0.220 e. The summed E-state index contributed by atoms with van der Waals surface area (Å²) in [6.45, 7) is 5.26. The van der Waals surface area contributed by atoms with Crippen molar-refractivity contribution < 1.29 is 9.53 Å². The van der Waals surface area contributed by atoms with Crippen LogP contribution in [0.4, 0.5) is 0 Å². The highest BCUT2D eigenvalue weighted by Gasteiger charge is 2.28. The molecule has 156 valence electrons. The number of nitrogens with one attached hydrogen (secondary N) is 1. The van der Waals surface area contributed by atoms with Crippen LogP contribution in [0.5, 0.6) is 5.75 Å². The molecule has 1 saturated heterocycles. The minimum Gasteiger partial charge on any atom is -0.490 e. The Balaban J connectivity index is 1.47. The van der Waals surface area contributed by atoms with Gasteiger partial charge in [-0.1, -0.05) is 29.8 Å². The van der Waals surface area contributed by atoms with Crippen molar-refractivity contribution in [1.29, 1.82) is 0 Å². The van der Waals surface area contributed by atoms with E-state index in [4.69, 9.17) is 16.3 Å². The lowest BCUT2D eigenvalue weighted by molar-refractivity contribution is -0.123. The molecule has 2 atom stereocenters. The van der Waals surface area contributed by atoms with Gasteiger partial charge in [0.2, 0.25) is 5.91 Å². The first kappa shape index (κ1) is 19.9. The second-order valence-electron chi connectivity index (χ2n) is 8.39. The molecule has 1 unspecified atom stereocenters. The number of hydrogen-bond acceptors (Lipinski definition) is 4. The van der Waals surface area contributed by atoms with Gasteiger partial charge in [0.25, 0.3) is 0 Å². The molecule has 0 radical (unpaired) electrons. The monoisotopic (exact) mass is 440 g/mol. The summed E-state index contributed by atoms with van der Waals surface area (Å²) in [4.78, 5) is 14.3. The lowest BCUT2D eigenvalue weighted by Crippen LogP contribution is -2.42. The zero-order valence-electron chi connectivity index (χ0n) is 17.0. The molecule has 6 heteroatoms. The van der Waals surface area contributed by atoms with Crippen LogP contribution in [0.3, 0.4) is 0 Å². The van der Waals surface area contributed by atoms with Crippen molar-refractivity contribution in [2.45, 2.75) is 32.4 Å². The van der Waals surface area contributed by atoms with Crippen molar-refractivity contribution in [3.8, 4) is 16.9 Å².